The van der Waals surface area contributed by atoms with Crippen LogP contribution in [0.2, 0.25) is 0 Å². The van der Waals surface area contributed by atoms with Gasteiger partial charge in [0.05, 0.1) is 0 Å². The number of rotatable bonds is 3. The Balaban J connectivity index is 2.28. The molecule has 1 amide bonds. The molecule has 0 aromatic heterocycles. The van der Waals surface area contributed by atoms with E-state index in [9.17, 15) is 4.79 Å². The van der Waals surface area contributed by atoms with Crippen molar-refractivity contribution in [3.05, 3.63) is 0 Å². The fraction of sp³-hybridized carbons (Fsp3) is 0.917. The Morgan fingerprint density at radius 3 is 2.44 bits per heavy atom. The van der Waals surface area contributed by atoms with Crippen molar-refractivity contribution in [2.75, 3.05) is 26.7 Å². The zero-order valence-corrected chi connectivity index (χ0v) is 11.1. The Labute approximate surface area is 98.5 Å². The maximum atomic E-state index is 11.7. The molecular weight excluding hydrogens is 204 g/mol. The lowest BCUT2D eigenvalue weighted by molar-refractivity contribution is -0.0107. The summed E-state index contributed by atoms with van der Waals surface area (Å²) in [6.45, 7) is 10.5. The predicted octanol–water partition coefficient (Wildman–Crippen LogP) is 1.95. The molecule has 1 fully saturated rings. The summed E-state index contributed by atoms with van der Waals surface area (Å²) < 4.78 is 5.30. The lowest BCUT2D eigenvalue weighted by Gasteiger charge is -2.44. The normalized spacial score (nSPS) is 17.5. The minimum atomic E-state index is -0.391. The van der Waals surface area contributed by atoms with Crippen molar-refractivity contribution < 1.29 is 9.53 Å². The molecule has 1 aliphatic rings. The number of hydrogen-bond donors (Lipinski definition) is 0. The molecule has 0 aromatic rings. The molecule has 1 aliphatic heterocycles. The number of carbonyl (C=O) groups excluding carboxylic acids is 1. The van der Waals surface area contributed by atoms with E-state index in [0.29, 0.717) is 6.04 Å². The third-order valence-electron chi connectivity index (χ3n) is 2.71. The minimum absolute atomic E-state index is 0.186. The molecule has 1 heterocycles. The third kappa shape index (κ3) is 3.67. The van der Waals surface area contributed by atoms with E-state index in [4.69, 9.17) is 4.74 Å². The van der Waals surface area contributed by atoms with Gasteiger partial charge in [-0.25, -0.2) is 4.79 Å². The number of hydrogen-bond acceptors (Lipinski definition) is 3. The van der Waals surface area contributed by atoms with E-state index in [-0.39, 0.29) is 6.09 Å². The standard InChI is InChI=1S/C12H24N2O2/c1-6-7-13(5)10-8-14(9-10)11(15)16-12(2,3)4/h10H,6-9H2,1-5H3. The van der Waals surface area contributed by atoms with Gasteiger partial charge in [-0.15, -0.1) is 0 Å². The van der Waals surface area contributed by atoms with Gasteiger partial charge in [-0.2, -0.15) is 0 Å². The highest BCUT2D eigenvalue weighted by Crippen LogP contribution is 2.18. The van der Waals surface area contributed by atoms with E-state index in [2.05, 4.69) is 18.9 Å². The van der Waals surface area contributed by atoms with E-state index in [1.54, 1.807) is 4.90 Å². The summed E-state index contributed by atoms with van der Waals surface area (Å²) in [5.74, 6) is 0. The van der Waals surface area contributed by atoms with Crippen LogP contribution in [-0.2, 0) is 4.74 Å². The molecular formula is C12H24N2O2. The summed E-state index contributed by atoms with van der Waals surface area (Å²) in [6, 6.07) is 0.507. The fourth-order valence-corrected chi connectivity index (χ4v) is 1.74. The van der Waals surface area contributed by atoms with Crippen LogP contribution in [0, 0.1) is 0 Å². The van der Waals surface area contributed by atoms with Crippen LogP contribution in [0.1, 0.15) is 34.1 Å². The number of amides is 1. The van der Waals surface area contributed by atoms with E-state index in [0.717, 1.165) is 26.1 Å². The molecule has 0 spiro atoms. The van der Waals surface area contributed by atoms with E-state index in [1.807, 2.05) is 20.8 Å². The van der Waals surface area contributed by atoms with Crippen LogP contribution < -0.4 is 0 Å². The highest BCUT2D eigenvalue weighted by molar-refractivity contribution is 5.69. The van der Waals surface area contributed by atoms with Crippen molar-refractivity contribution in [1.29, 1.82) is 0 Å². The number of likely N-dealkylation sites (tertiary alicyclic amines) is 1. The highest BCUT2D eigenvalue weighted by Gasteiger charge is 2.35. The van der Waals surface area contributed by atoms with Gasteiger partial charge in [0.15, 0.2) is 0 Å². The van der Waals surface area contributed by atoms with Gasteiger partial charge in [0.1, 0.15) is 5.60 Å². The van der Waals surface area contributed by atoms with Crippen molar-refractivity contribution in [3.63, 3.8) is 0 Å². The monoisotopic (exact) mass is 228 g/mol. The Bertz CT molecular complexity index is 242. The molecule has 0 radical (unpaired) electrons. The van der Waals surface area contributed by atoms with Crippen molar-refractivity contribution in [2.24, 2.45) is 0 Å². The molecule has 1 rings (SSSR count). The smallest absolute Gasteiger partial charge is 0.410 e. The number of ether oxygens (including phenoxy) is 1. The second kappa shape index (κ2) is 5.04. The summed E-state index contributed by atoms with van der Waals surface area (Å²) in [4.78, 5) is 15.7. The van der Waals surface area contributed by atoms with Crippen molar-refractivity contribution in [3.8, 4) is 0 Å². The third-order valence-corrected chi connectivity index (χ3v) is 2.71. The Morgan fingerprint density at radius 2 is 2.00 bits per heavy atom. The number of carbonyl (C=O) groups is 1. The summed E-state index contributed by atoms with van der Waals surface area (Å²) in [5, 5.41) is 0. The van der Waals surface area contributed by atoms with Crippen molar-refractivity contribution >= 4 is 6.09 Å². The van der Waals surface area contributed by atoms with Gasteiger partial charge < -0.3 is 9.64 Å². The van der Waals surface area contributed by atoms with Crippen LogP contribution in [0.4, 0.5) is 4.79 Å². The number of nitrogens with zero attached hydrogens (tertiary/aromatic N) is 2. The minimum Gasteiger partial charge on any atom is -0.444 e. The van der Waals surface area contributed by atoms with Crippen LogP contribution in [0.5, 0.6) is 0 Å². The zero-order valence-electron chi connectivity index (χ0n) is 11.1. The quantitative estimate of drug-likeness (QED) is 0.740. The van der Waals surface area contributed by atoms with E-state index >= 15 is 0 Å². The van der Waals surface area contributed by atoms with Gasteiger partial charge in [0.25, 0.3) is 0 Å². The second-order valence-electron chi connectivity index (χ2n) is 5.52. The first kappa shape index (κ1) is 13.3. The molecule has 0 atom stereocenters. The second-order valence-corrected chi connectivity index (χ2v) is 5.52. The van der Waals surface area contributed by atoms with Crippen LogP contribution in [-0.4, -0.2) is 54.2 Å². The van der Waals surface area contributed by atoms with Gasteiger partial charge in [0.2, 0.25) is 0 Å². The molecule has 4 heteroatoms. The molecule has 0 aliphatic carbocycles. The molecule has 0 N–H and O–H groups in total. The van der Waals surface area contributed by atoms with E-state index < -0.39 is 5.60 Å². The van der Waals surface area contributed by atoms with Crippen molar-refractivity contribution in [1.82, 2.24) is 9.80 Å². The van der Waals surface area contributed by atoms with Crippen molar-refractivity contribution in [2.45, 2.75) is 45.8 Å². The number of likely N-dealkylation sites (N-methyl/N-ethyl adjacent to an activating group) is 1. The van der Waals surface area contributed by atoms with Crippen LogP contribution in [0.15, 0.2) is 0 Å². The van der Waals surface area contributed by atoms with Gasteiger partial charge in [-0.3, -0.25) is 4.90 Å². The largest absolute Gasteiger partial charge is 0.444 e. The first-order valence-corrected chi connectivity index (χ1v) is 6.01. The van der Waals surface area contributed by atoms with E-state index in [1.165, 1.54) is 0 Å². The Hall–Kier alpha value is -0.770. The molecule has 0 unspecified atom stereocenters. The molecule has 0 aromatic carbocycles. The van der Waals surface area contributed by atoms with Gasteiger partial charge in [0, 0.05) is 19.1 Å². The van der Waals surface area contributed by atoms with Gasteiger partial charge in [-0.1, -0.05) is 6.92 Å². The SMILES string of the molecule is CCCN(C)C1CN(C(=O)OC(C)(C)C)C1. The first-order valence-electron chi connectivity index (χ1n) is 6.01. The fourth-order valence-electron chi connectivity index (χ4n) is 1.74. The lowest BCUT2D eigenvalue weighted by atomic mass is 10.1. The zero-order chi connectivity index (χ0) is 12.3. The first-order chi connectivity index (χ1) is 7.33. The molecule has 94 valence electrons. The van der Waals surface area contributed by atoms with Crippen LogP contribution in [0.3, 0.4) is 0 Å². The topological polar surface area (TPSA) is 32.8 Å². The molecule has 0 saturated carbocycles. The highest BCUT2D eigenvalue weighted by atomic mass is 16.6. The lowest BCUT2D eigenvalue weighted by Crippen LogP contribution is -2.60. The molecule has 0 bridgehead atoms. The molecule has 16 heavy (non-hydrogen) atoms. The summed E-state index contributed by atoms with van der Waals surface area (Å²) >= 11 is 0. The van der Waals surface area contributed by atoms with Gasteiger partial charge >= 0.3 is 6.09 Å². The molecule has 4 nitrogen and oxygen atoms in total. The summed E-state index contributed by atoms with van der Waals surface area (Å²) in [6.07, 6.45) is 0.966. The predicted molar refractivity (Wildman–Crippen MR) is 64.5 cm³/mol. The maximum Gasteiger partial charge on any atom is 0.410 e. The Kier molecular flexibility index (Phi) is 4.19. The van der Waals surface area contributed by atoms with Crippen LogP contribution in [0.25, 0.3) is 0 Å². The summed E-state index contributed by atoms with van der Waals surface area (Å²) in [7, 11) is 2.11. The van der Waals surface area contributed by atoms with Crippen LogP contribution >= 0.6 is 0 Å². The Morgan fingerprint density at radius 1 is 1.44 bits per heavy atom. The average Bonchev–Trinajstić information content (AvgIpc) is 1.97. The average molecular weight is 228 g/mol. The molecule has 1 saturated heterocycles. The van der Waals surface area contributed by atoms with Gasteiger partial charge in [-0.05, 0) is 40.8 Å². The summed E-state index contributed by atoms with van der Waals surface area (Å²) in [5.41, 5.74) is -0.391. The maximum absolute atomic E-state index is 11.7.